The molecule has 2 aromatic carbocycles. The summed E-state index contributed by atoms with van der Waals surface area (Å²) >= 11 is 0. The molecule has 220 valence electrons. The quantitative estimate of drug-likeness (QED) is 0.107. The summed E-state index contributed by atoms with van der Waals surface area (Å²) in [7, 11) is 0. The highest BCUT2D eigenvalue weighted by Crippen LogP contribution is 2.20. The minimum Gasteiger partial charge on any atom is -0.481 e. The van der Waals surface area contributed by atoms with Crippen LogP contribution in [0.4, 0.5) is 0 Å². The second-order valence-electron chi connectivity index (χ2n) is 9.90. The number of aromatic amines is 2. The number of aromatic nitrogens is 2. The van der Waals surface area contributed by atoms with Crippen LogP contribution >= 0.6 is 0 Å². The molecule has 2 aromatic heterocycles. The monoisotopic (exact) mass is 576 g/mol. The number of carbonyl (C=O) groups excluding carboxylic acids is 3. The van der Waals surface area contributed by atoms with E-state index >= 15 is 0 Å². The lowest BCUT2D eigenvalue weighted by Gasteiger charge is -2.21. The van der Waals surface area contributed by atoms with Crippen molar-refractivity contribution >= 4 is 51.5 Å². The van der Waals surface area contributed by atoms with Crippen molar-refractivity contribution in [3.05, 3.63) is 72.1 Å². The highest BCUT2D eigenvalue weighted by atomic mass is 16.4. The summed E-state index contributed by atoms with van der Waals surface area (Å²) < 4.78 is 0. The number of amides is 3. The fourth-order valence-corrected chi connectivity index (χ4v) is 4.70. The molecule has 42 heavy (non-hydrogen) atoms. The molecule has 3 amide bonds. The molecule has 0 bridgehead atoms. The Morgan fingerprint density at radius 1 is 0.762 bits per heavy atom. The third kappa shape index (κ3) is 7.52. The van der Waals surface area contributed by atoms with Crippen LogP contribution in [0.1, 0.15) is 24.0 Å². The van der Waals surface area contributed by atoms with Crippen LogP contribution in [-0.2, 0) is 36.8 Å². The van der Waals surface area contributed by atoms with Crippen molar-refractivity contribution in [2.45, 2.75) is 43.8 Å². The SMILES string of the molecule is NC(Cc1c[nH]c2ccccc12)C(=O)NC(Cc1c[nH]c2ccccc12)C(=O)NCC(=O)NC(CCC(=O)O)C(=O)O. The Labute approximate surface area is 239 Å². The number of H-pyrrole nitrogens is 2. The molecular formula is C29H32N6O7. The number of nitrogens with one attached hydrogen (secondary N) is 5. The molecule has 0 radical (unpaired) electrons. The molecule has 4 rings (SSSR count). The number of nitrogens with two attached hydrogens (primary N) is 1. The highest BCUT2D eigenvalue weighted by molar-refractivity contribution is 5.94. The smallest absolute Gasteiger partial charge is 0.326 e. The van der Waals surface area contributed by atoms with Gasteiger partial charge in [0.05, 0.1) is 12.6 Å². The van der Waals surface area contributed by atoms with Crippen molar-refractivity contribution in [1.82, 2.24) is 25.9 Å². The molecule has 4 aromatic rings. The maximum atomic E-state index is 13.2. The van der Waals surface area contributed by atoms with Gasteiger partial charge in [0.25, 0.3) is 0 Å². The zero-order valence-electron chi connectivity index (χ0n) is 22.6. The van der Waals surface area contributed by atoms with Crippen LogP contribution in [0.2, 0.25) is 0 Å². The molecule has 0 saturated heterocycles. The summed E-state index contributed by atoms with van der Waals surface area (Å²) in [6.07, 6.45) is 3.04. The number of fused-ring (bicyclic) bond motifs is 2. The largest absolute Gasteiger partial charge is 0.481 e. The third-order valence-electron chi connectivity index (χ3n) is 6.89. The number of hydrogen-bond acceptors (Lipinski definition) is 6. The first-order valence-corrected chi connectivity index (χ1v) is 13.3. The van der Waals surface area contributed by atoms with E-state index < -0.39 is 60.8 Å². The molecule has 13 heteroatoms. The van der Waals surface area contributed by atoms with Gasteiger partial charge in [-0.1, -0.05) is 36.4 Å². The van der Waals surface area contributed by atoms with E-state index in [1.807, 2.05) is 48.5 Å². The van der Waals surface area contributed by atoms with Gasteiger partial charge in [-0.05, 0) is 36.1 Å². The van der Waals surface area contributed by atoms with E-state index in [0.717, 1.165) is 32.9 Å². The average molecular weight is 577 g/mol. The third-order valence-corrected chi connectivity index (χ3v) is 6.89. The van der Waals surface area contributed by atoms with Gasteiger partial charge >= 0.3 is 11.9 Å². The average Bonchev–Trinajstić information content (AvgIpc) is 3.57. The zero-order valence-corrected chi connectivity index (χ0v) is 22.6. The minimum atomic E-state index is -1.44. The number of carboxylic acids is 2. The first-order valence-electron chi connectivity index (χ1n) is 13.3. The lowest BCUT2D eigenvalue weighted by atomic mass is 10.0. The van der Waals surface area contributed by atoms with Gasteiger partial charge in [0.2, 0.25) is 17.7 Å². The van der Waals surface area contributed by atoms with Crippen LogP contribution < -0.4 is 21.7 Å². The maximum absolute atomic E-state index is 13.2. The molecule has 9 N–H and O–H groups in total. The Balaban J connectivity index is 1.44. The van der Waals surface area contributed by atoms with Gasteiger partial charge in [0.15, 0.2) is 0 Å². The first kappa shape index (κ1) is 29.8. The fraction of sp³-hybridized carbons (Fsp3) is 0.276. The topological polar surface area (TPSA) is 219 Å². The Morgan fingerprint density at radius 2 is 1.33 bits per heavy atom. The van der Waals surface area contributed by atoms with E-state index in [4.69, 9.17) is 10.8 Å². The molecule has 2 heterocycles. The first-order chi connectivity index (χ1) is 20.1. The number of carbonyl (C=O) groups is 5. The summed E-state index contributed by atoms with van der Waals surface area (Å²) in [6, 6.07) is 11.5. The maximum Gasteiger partial charge on any atom is 0.326 e. The molecule has 0 aliphatic heterocycles. The summed E-state index contributed by atoms with van der Waals surface area (Å²) in [4.78, 5) is 67.2. The van der Waals surface area contributed by atoms with Gasteiger partial charge in [-0.2, -0.15) is 0 Å². The zero-order chi connectivity index (χ0) is 30.2. The number of rotatable bonds is 14. The molecule has 0 aliphatic carbocycles. The van der Waals surface area contributed by atoms with Crippen molar-refractivity contribution in [2.24, 2.45) is 5.73 Å². The minimum absolute atomic E-state index is 0.0827. The van der Waals surface area contributed by atoms with Gasteiger partial charge in [-0.25, -0.2) is 4.79 Å². The van der Waals surface area contributed by atoms with Gasteiger partial charge in [0.1, 0.15) is 12.1 Å². The number of aliphatic carboxylic acids is 2. The number of benzene rings is 2. The predicted octanol–water partition coefficient (Wildman–Crippen LogP) is 0.797. The van der Waals surface area contributed by atoms with Crippen LogP contribution in [0, 0.1) is 0 Å². The standard InChI is InChI=1S/C29H32N6O7/c30-20(11-16-13-31-21-7-3-1-5-18(16)21)27(39)35-24(12-17-14-32-22-8-4-2-6-19(17)22)28(40)33-15-25(36)34-23(29(41)42)9-10-26(37)38/h1-8,13-14,20,23-24,31-32H,9-12,15,30H2,(H,33,40)(H,34,36)(H,35,39)(H,37,38)(H,41,42). The number of hydrogen-bond donors (Lipinski definition) is 8. The van der Waals surface area contributed by atoms with E-state index in [0.29, 0.717) is 0 Å². The Morgan fingerprint density at radius 3 is 1.90 bits per heavy atom. The molecule has 3 atom stereocenters. The van der Waals surface area contributed by atoms with Crippen LogP contribution in [0.3, 0.4) is 0 Å². The molecular weight excluding hydrogens is 544 g/mol. The normalized spacial score (nSPS) is 13.3. The summed E-state index contributed by atoms with van der Waals surface area (Å²) in [5.74, 6) is -4.67. The lowest BCUT2D eigenvalue weighted by molar-refractivity contribution is -0.143. The lowest BCUT2D eigenvalue weighted by Crippen LogP contribution is -2.54. The Kier molecular flexibility index (Phi) is 9.55. The van der Waals surface area contributed by atoms with E-state index in [9.17, 15) is 29.1 Å². The predicted molar refractivity (Wildman–Crippen MR) is 153 cm³/mol. The van der Waals surface area contributed by atoms with Crippen molar-refractivity contribution in [3.63, 3.8) is 0 Å². The van der Waals surface area contributed by atoms with Crippen molar-refractivity contribution in [3.8, 4) is 0 Å². The number of para-hydroxylation sites is 2. The molecule has 0 saturated carbocycles. The molecule has 0 aliphatic rings. The summed E-state index contributed by atoms with van der Waals surface area (Å²) in [5, 5.41) is 27.2. The van der Waals surface area contributed by atoms with Gasteiger partial charge in [-0.3, -0.25) is 19.2 Å². The van der Waals surface area contributed by atoms with E-state index in [1.54, 1.807) is 12.4 Å². The van der Waals surface area contributed by atoms with E-state index in [1.165, 1.54) is 0 Å². The summed E-state index contributed by atoms with van der Waals surface area (Å²) in [6.45, 7) is -0.586. The number of carboxylic acid groups (broad SMARTS) is 2. The van der Waals surface area contributed by atoms with Gasteiger partial charge in [0, 0.05) is 47.0 Å². The van der Waals surface area contributed by atoms with Crippen LogP contribution in [0.15, 0.2) is 60.9 Å². The highest BCUT2D eigenvalue weighted by Gasteiger charge is 2.27. The summed E-state index contributed by atoms with van der Waals surface area (Å²) in [5.41, 5.74) is 9.59. The fourth-order valence-electron chi connectivity index (χ4n) is 4.70. The molecule has 0 spiro atoms. The van der Waals surface area contributed by atoms with Crippen molar-refractivity contribution < 1.29 is 34.2 Å². The molecule has 13 nitrogen and oxygen atoms in total. The molecule has 3 unspecified atom stereocenters. The van der Waals surface area contributed by atoms with Crippen LogP contribution in [0.5, 0.6) is 0 Å². The second-order valence-corrected chi connectivity index (χ2v) is 9.90. The van der Waals surface area contributed by atoms with E-state index in [2.05, 4.69) is 25.9 Å². The van der Waals surface area contributed by atoms with Crippen molar-refractivity contribution in [1.29, 1.82) is 0 Å². The van der Waals surface area contributed by atoms with Crippen LogP contribution in [0.25, 0.3) is 21.8 Å². The molecule has 0 fully saturated rings. The van der Waals surface area contributed by atoms with Crippen molar-refractivity contribution in [2.75, 3.05) is 6.54 Å². The van der Waals surface area contributed by atoms with E-state index in [-0.39, 0.29) is 19.3 Å². The Bertz CT molecular complexity index is 1610. The second kappa shape index (κ2) is 13.5. The van der Waals surface area contributed by atoms with Gasteiger partial charge < -0.3 is 41.9 Å². The Hall–Kier alpha value is -5.17. The van der Waals surface area contributed by atoms with Gasteiger partial charge in [-0.15, -0.1) is 0 Å². The van der Waals surface area contributed by atoms with Crippen LogP contribution in [-0.4, -0.2) is 74.5 Å².